The third kappa shape index (κ3) is 2.87. The van der Waals surface area contributed by atoms with Crippen LogP contribution in [0.4, 0.5) is 4.79 Å². The first-order valence-corrected chi connectivity index (χ1v) is 4.68. The summed E-state index contributed by atoms with van der Waals surface area (Å²) in [6.45, 7) is 2.48. The molecule has 0 fully saturated rings. The van der Waals surface area contributed by atoms with Gasteiger partial charge in [0.15, 0.2) is 0 Å². The molecule has 0 saturated carbocycles. The van der Waals surface area contributed by atoms with E-state index in [0.29, 0.717) is 6.54 Å². The van der Waals surface area contributed by atoms with E-state index in [-0.39, 0.29) is 0 Å². The molecule has 0 aliphatic rings. The summed E-state index contributed by atoms with van der Waals surface area (Å²) < 4.78 is 5.15. The van der Waals surface area contributed by atoms with Crippen LogP contribution in [-0.4, -0.2) is 25.1 Å². The summed E-state index contributed by atoms with van der Waals surface area (Å²) in [5.74, 6) is 0.848. The number of primary amides is 1. The summed E-state index contributed by atoms with van der Waals surface area (Å²) in [6, 6.07) is 5.37. The predicted molar refractivity (Wildman–Crippen MR) is 58.8 cm³/mol. The van der Waals surface area contributed by atoms with Gasteiger partial charge in [-0.1, -0.05) is 12.1 Å². The van der Waals surface area contributed by atoms with Gasteiger partial charge in [0.1, 0.15) is 5.75 Å². The molecular weight excluding hydrogens is 192 g/mol. The Kier molecular flexibility index (Phi) is 3.55. The Labute approximate surface area is 89.6 Å². The van der Waals surface area contributed by atoms with Crippen molar-refractivity contribution < 1.29 is 9.53 Å². The van der Waals surface area contributed by atoms with E-state index in [1.165, 1.54) is 4.90 Å². The van der Waals surface area contributed by atoms with Crippen molar-refractivity contribution in [2.45, 2.75) is 13.5 Å². The fourth-order valence-electron chi connectivity index (χ4n) is 1.39. The predicted octanol–water partition coefficient (Wildman–Crippen LogP) is 1.51. The maximum atomic E-state index is 10.8. The van der Waals surface area contributed by atoms with E-state index >= 15 is 0 Å². The second-order valence-corrected chi connectivity index (χ2v) is 3.50. The zero-order valence-electron chi connectivity index (χ0n) is 9.28. The van der Waals surface area contributed by atoms with Crippen molar-refractivity contribution in [3.8, 4) is 5.75 Å². The van der Waals surface area contributed by atoms with Gasteiger partial charge in [-0.05, 0) is 24.1 Å². The third-order valence-electron chi connectivity index (χ3n) is 2.26. The van der Waals surface area contributed by atoms with E-state index in [0.717, 1.165) is 16.9 Å². The zero-order chi connectivity index (χ0) is 11.4. The van der Waals surface area contributed by atoms with Gasteiger partial charge >= 0.3 is 6.03 Å². The minimum absolute atomic E-state index is 0.427. The molecule has 0 saturated heterocycles. The van der Waals surface area contributed by atoms with Crippen molar-refractivity contribution in [2.75, 3.05) is 14.2 Å². The lowest BCUT2D eigenvalue weighted by Gasteiger charge is -2.15. The first-order valence-electron chi connectivity index (χ1n) is 4.68. The van der Waals surface area contributed by atoms with Gasteiger partial charge in [0, 0.05) is 13.6 Å². The molecule has 0 bridgehead atoms. The van der Waals surface area contributed by atoms with Gasteiger partial charge in [-0.15, -0.1) is 0 Å². The largest absolute Gasteiger partial charge is 0.496 e. The van der Waals surface area contributed by atoms with Gasteiger partial charge in [0.2, 0.25) is 0 Å². The second kappa shape index (κ2) is 4.68. The summed E-state index contributed by atoms with van der Waals surface area (Å²) in [4.78, 5) is 12.3. The van der Waals surface area contributed by atoms with Gasteiger partial charge in [0.25, 0.3) is 0 Å². The van der Waals surface area contributed by atoms with Crippen LogP contribution in [0.2, 0.25) is 0 Å². The highest BCUT2D eigenvalue weighted by Crippen LogP contribution is 2.18. The molecule has 0 atom stereocenters. The molecule has 0 aliphatic carbocycles. The molecule has 1 aromatic carbocycles. The Bertz CT molecular complexity index is 364. The number of carbonyl (C=O) groups is 1. The van der Waals surface area contributed by atoms with Gasteiger partial charge < -0.3 is 15.4 Å². The van der Waals surface area contributed by atoms with Crippen LogP contribution in [0.1, 0.15) is 11.1 Å². The van der Waals surface area contributed by atoms with Gasteiger partial charge in [-0.25, -0.2) is 4.79 Å². The lowest BCUT2D eigenvalue weighted by molar-refractivity contribution is 0.216. The zero-order valence-corrected chi connectivity index (χ0v) is 9.28. The van der Waals surface area contributed by atoms with Crippen molar-refractivity contribution in [3.05, 3.63) is 29.3 Å². The quantitative estimate of drug-likeness (QED) is 0.818. The van der Waals surface area contributed by atoms with E-state index in [2.05, 4.69) is 0 Å². The third-order valence-corrected chi connectivity index (χ3v) is 2.26. The van der Waals surface area contributed by atoms with E-state index in [1.807, 2.05) is 25.1 Å². The molecule has 2 amide bonds. The van der Waals surface area contributed by atoms with Crippen LogP contribution in [0.5, 0.6) is 5.75 Å². The van der Waals surface area contributed by atoms with Crippen molar-refractivity contribution in [3.63, 3.8) is 0 Å². The smallest absolute Gasteiger partial charge is 0.314 e. The molecule has 0 unspecified atom stereocenters. The standard InChI is InChI=1S/C11H16N2O2/c1-8-6-9(4-5-10(8)15-3)7-13(2)11(12)14/h4-6H,7H2,1-3H3,(H2,12,14). The summed E-state index contributed by atoms with van der Waals surface area (Å²) in [5, 5.41) is 0. The Morgan fingerprint density at radius 3 is 2.67 bits per heavy atom. The molecule has 0 aliphatic heterocycles. The van der Waals surface area contributed by atoms with Crippen LogP contribution in [0.25, 0.3) is 0 Å². The number of nitrogens with zero attached hydrogens (tertiary/aromatic N) is 1. The van der Waals surface area contributed by atoms with Crippen LogP contribution < -0.4 is 10.5 Å². The molecule has 15 heavy (non-hydrogen) atoms. The van der Waals surface area contributed by atoms with Crippen LogP contribution in [-0.2, 0) is 6.54 Å². The van der Waals surface area contributed by atoms with Crippen LogP contribution in [0.3, 0.4) is 0 Å². The molecule has 0 spiro atoms. The van der Waals surface area contributed by atoms with Crippen molar-refractivity contribution in [2.24, 2.45) is 5.73 Å². The Hall–Kier alpha value is -1.71. The average molecular weight is 208 g/mol. The first-order chi connectivity index (χ1) is 7.04. The minimum Gasteiger partial charge on any atom is -0.496 e. The molecule has 1 aromatic rings. The number of amides is 2. The Morgan fingerprint density at radius 2 is 2.20 bits per heavy atom. The van der Waals surface area contributed by atoms with E-state index in [9.17, 15) is 4.79 Å². The molecule has 82 valence electrons. The van der Waals surface area contributed by atoms with Gasteiger partial charge in [-0.3, -0.25) is 0 Å². The highest BCUT2D eigenvalue weighted by Gasteiger charge is 2.05. The van der Waals surface area contributed by atoms with Crippen LogP contribution in [0.15, 0.2) is 18.2 Å². The molecule has 0 radical (unpaired) electrons. The number of nitrogens with two attached hydrogens (primary N) is 1. The number of benzene rings is 1. The van der Waals surface area contributed by atoms with Crippen LogP contribution in [0, 0.1) is 6.92 Å². The Balaban J connectivity index is 2.79. The fourth-order valence-corrected chi connectivity index (χ4v) is 1.39. The maximum Gasteiger partial charge on any atom is 0.314 e. The number of rotatable bonds is 3. The number of urea groups is 1. The SMILES string of the molecule is COc1ccc(CN(C)C(N)=O)cc1C. The summed E-state index contributed by atoms with van der Waals surface area (Å²) in [5.41, 5.74) is 7.23. The van der Waals surface area contributed by atoms with Crippen molar-refractivity contribution >= 4 is 6.03 Å². The fraction of sp³-hybridized carbons (Fsp3) is 0.364. The number of hydrogen-bond donors (Lipinski definition) is 1. The summed E-state index contributed by atoms with van der Waals surface area (Å²) >= 11 is 0. The van der Waals surface area contributed by atoms with Crippen molar-refractivity contribution in [1.29, 1.82) is 0 Å². The number of carbonyl (C=O) groups excluding carboxylic acids is 1. The normalized spacial score (nSPS) is 9.80. The highest BCUT2D eigenvalue weighted by atomic mass is 16.5. The molecule has 0 heterocycles. The van der Waals surface area contributed by atoms with E-state index in [4.69, 9.17) is 10.5 Å². The molecule has 1 rings (SSSR count). The first kappa shape index (κ1) is 11.4. The number of methoxy groups -OCH3 is 1. The van der Waals surface area contributed by atoms with Gasteiger partial charge in [0.05, 0.1) is 7.11 Å². The maximum absolute atomic E-state index is 10.8. The number of hydrogen-bond acceptors (Lipinski definition) is 2. The molecule has 4 nitrogen and oxygen atoms in total. The van der Waals surface area contributed by atoms with Crippen LogP contribution >= 0.6 is 0 Å². The Morgan fingerprint density at radius 1 is 1.53 bits per heavy atom. The lowest BCUT2D eigenvalue weighted by atomic mass is 10.1. The van der Waals surface area contributed by atoms with E-state index in [1.54, 1.807) is 14.2 Å². The van der Waals surface area contributed by atoms with Crippen molar-refractivity contribution in [1.82, 2.24) is 4.90 Å². The lowest BCUT2D eigenvalue weighted by Crippen LogP contribution is -2.31. The minimum atomic E-state index is -0.427. The molecule has 2 N–H and O–H groups in total. The monoisotopic (exact) mass is 208 g/mol. The average Bonchev–Trinajstić information content (AvgIpc) is 2.18. The summed E-state index contributed by atoms with van der Waals surface area (Å²) in [7, 11) is 3.30. The highest BCUT2D eigenvalue weighted by molar-refractivity contribution is 5.71. The number of ether oxygens (including phenoxy) is 1. The molecule has 4 heteroatoms. The number of aryl methyl sites for hydroxylation is 1. The molecular formula is C11H16N2O2. The second-order valence-electron chi connectivity index (χ2n) is 3.50. The van der Waals surface area contributed by atoms with Gasteiger partial charge in [-0.2, -0.15) is 0 Å². The van der Waals surface area contributed by atoms with E-state index < -0.39 is 6.03 Å². The molecule has 0 aromatic heterocycles. The topological polar surface area (TPSA) is 55.6 Å². The summed E-state index contributed by atoms with van der Waals surface area (Å²) in [6.07, 6.45) is 0.